The van der Waals surface area contributed by atoms with Crippen molar-refractivity contribution in [1.82, 2.24) is 14.8 Å². The van der Waals surface area contributed by atoms with Gasteiger partial charge < -0.3 is 19.1 Å². The van der Waals surface area contributed by atoms with Crippen molar-refractivity contribution in [3.05, 3.63) is 39.6 Å². The van der Waals surface area contributed by atoms with Gasteiger partial charge in [-0.2, -0.15) is 0 Å². The highest BCUT2D eigenvalue weighted by Crippen LogP contribution is 2.47. The highest BCUT2D eigenvalue weighted by molar-refractivity contribution is 7.22. The van der Waals surface area contributed by atoms with Gasteiger partial charge in [-0.15, -0.1) is 0 Å². The number of fused-ring (bicyclic) bond motifs is 3. The van der Waals surface area contributed by atoms with E-state index in [1.807, 2.05) is 26.8 Å². The molecule has 13 heteroatoms. The van der Waals surface area contributed by atoms with Crippen LogP contribution in [0.15, 0.2) is 18.2 Å². The van der Waals surface area contributed by atoms with Crippen LogP contribution in [-0.2, 0) is 16.0 Å². The average molecular weight is 640 g/mol. The summed E-state index contributed by atoms with van der Waals surface area (Å²) in [5.74, 6) is -0.0118. The summed E-state index contributed by atoms with van der Waals surface area (Å²) in [5.41, 5.74) is 0.772. The van der Waals surface area contributed by atoms with Crippen molar-refractivity contribution in [3.8, 4) is 16.9 Å². The van der Waals surface area contributed by atoms with Gasteiger partial charge in [0.2, 0.25) is 0 Å². The van der Waals surface area contributed by atoms with E-state index in [0.717, 1.165) is 16.9 Å². The quantitative estimate of drug-likeness (QED) is 0.309. The number of hydrogen-bond acceptors (Lipinski definition) is 8. The maximum absolute atomic E-state index is 14.9. The van der Waals surface area contributed by atoms with Gasteiger partial charge in [0.1, 0.15) is 29.4 Å². The summed E-state index contributed by atoms with van der Waals surface area (Å²) in [7, 11) is 0. The number of halogens is 3. The third-order valence-electron chi connectivity index (χ3n) is 6.67. The number of benzene rings is 2. The summed E-state index contributed by atoms with van der Waals surface area (Å²) in [6.07, 6.45) is -1.05. The van der Waals surface area contributed by atoms with Crippen molar-refractivity contribution >= 4 is 62.1 Å². The maximum atomic E-state index is 14.9. The van der Waals surface area contributed by atoms with E-state index in [2.05, 4.69) is 15.2 Å². The number of piperazine rings is 1. The highest BCUT2D eigenvalue weighted by atomic mass is 35.5. The van der Waals surface area contributed by atoms with E-state index in [-0.39, 0.29) is 27.0 Å². The minimum atomic E-state index is -0.706. The van der Waals surface area contributed by atoms with Gasteiger partial charge in [0.25, 0.3) is 0 Å². The van der Waals surface area contributed by atoms with Crippen molar-refractivity contribution in [2.45, 2.75) is 65.3 Å². The number of rotatable bonds is 2. The monoisotopic (exact) mass is 638 g/mol. The molecule has 226 valence electrons. The highest BCUT2D eigenvalue weighted by Gasteiger charge is 2.36. The molecular weight excluding hydrogens is 606 g/mol. The molecule has 2 aromatic carbocycles. The van der Waals surface area contributed by atoms with Crippen molar-refractivity contribution in [2.75, 3.05) is 31.6 Å². The summed E-state index contributed by atoms with van der Waals surface area (Å²) in [5, 5.41) is 3.39. The van der Waals surface area contributed by atoms with Crippen LogP contribution >= 0.6 is 34.5 Å². The molecule has 0 saturated carbocycles. The molecule has 2 aliphatic rings. The standard InChI is InChI=1S/C29H33Cl2FN4O5S/c1-28(2,3)40-26(37)34-25-33-22-17(7-8-19(32)24(22)42-25)20-18(30)11-15-12-35-9-10-36(27(38)41-29(4,5)6)13-16(35)14-39-23(15)21(20)31/h7-8,11,16H,9-10,12-14H2,1-6H3,(H,33,34,37). The Morgan fingerprint density at radius 3 is 2.52 bits per heavy atom. The molecule has 3 heterocycles. The molecule has 0 spiro atoms. The Balaban J connectivity index is 1.44. The Bertz CT molecular complexity index is 1550. The van der Waals surface area contributed by atoms with Crippen molar-refractivity contribution in [2.24, 2.45) is 0 Å². The molecule has 1 unspecified atom stereocenters. The van der Waals surface area contributed by atoms with Gasteiger partial charge in [0.15, 0.2) is 5.13 Å². The lowest BCUT2D eigenvalue weighted by Gasteiger charge is -2.40. The first-order chi connectivity index (χ1) is 19.6. The van der Waals surface area contributed by atoms with Gasteiger partial charge >= 0.3 is 12.2 Å². The first kappa shape index (κ1) is 30.6. The molecule has 0 bridgehead atoms. The van der Waals surface area contributed by atoms with Gasteiger partial charge in [-0.05, 0) is 59.7 Å². The SMILES string of the molecule is CC(C)(C)OC(=O)Nc1nc2c(-c3c(Cl)cc4c(c3Cl)OCC3CN(C(=O)OC(C)(C)C)CCN3C4)ccc(F)c2s1. The summed E-state index contributed by atoms with van der Waals surface area (Å²) in [6.45, 7) is 13.2. The first-order valence-corrected chi connectivity index (χ1v) is 15.1. The fourth-order valence-electron chi connectivity index (χ4n) is 4.94. The Labute approximate surface area is 257 Å². The van der Waals surface area contributed by atoms with Crippen LogP contribution in [0.4, 0.5) is 19.1 Å². The number of amides is 2. The molecule has 1 saturated heterocycles. The number of nitrogens with one attached hydrogen (secondary N) is 1. The Morgan fingerprint density at radius 2 is 1.83 bits per heavy atom. The molecular formula is C29H33Cl2FN4O5S. The molecule has 2 aliphatic heterocycles. The molecule has 42 heavy (non-hydrogen) atoms. The van der Waals surface area contributed by atoms with Crippen LogP contribution in [0.5, 0.6) is 5.75 Å². The number of nitrogens with zero attached hydrogens (tertiary/aromatic N) is 3. The molecule has 9 nitrogen and oxygen atoms in total. The Hall–Kier alpha value is -2.86. The lowest BCUT2D eigenvalue weighted by atomic mass is 10.0. The molecule has 5 rings (SSSR count). The van der Waals surface area contributed by atoms with Gasteiger partial charge in [-0.25, -0.2) is 19.0 Å². The van der Waals surface area contributed by atoms with Crippen molar-refractivity contribution in [1.29, 1.82) is 0 Å². The lowest BCUT2D eigenvalue weighted by molar-refractivity contribution is -0.00155. The average Bonchev–Trinajstić information content (AvgIpc) is 3.18. The van der Waals surface area contributed by atoms with Crippen molar-refractivity contribution in [3.63, 3.8) is 0 Å². The normalized spacial score (nSPS) is 17.6. The zero-order chi connectivity index (χ0) is 30.6. The third kappa shape index (κ3) is 6.54. The number of hydrogen-bond donors (Lipinski definition) is 1. The largest absolute Gasteiger partial charge is 0.490 e. The number of thiazole rings is 1. The molecule has 2 amide bonds. The number of carbonyl (C=O) groups is 2. The molecule has 1 atom stereocenters. The number of anilines is 1. The predicted molar refractivity (Wildman–Crippen MR) is 162 cm³/mol. The van der Waals surface area contributed by atoms with E-state index in [4.69, 9.17) is 37.4 Å². The van der Waals surface area contributed by atoms with E-state index in [1.165, 1.54) is 6.07 Å². The molecule has 3 aromatic rings. The number of ether oxygens (including phenoxy) is 3. The summed E-state index contributed by atoms with van der Waals surface area (Å²) in [4.78, 5) is 33.4. The van der Waals surface area contributed by atoms with Gasteiger partial charge in [0.05, 0.1) is 26.3 Å². The molecule has 1 aromatic heterocycles. The van der Waals surface area contributed by atoms with Gasteiger partial charge in [0, 0.05) is 42.9 Å². The predicted octanol–water partition coefficient (Wildman–Crippen LogP) is 7.57. The smallest absolute Gasteiger partial charge is 0.413 e. The van der Waals surface area contributed by atoms with E-state index < -0.39 is 23.1 Å². The molecule has 1 N–H and O–H groups in total. The fourth-order valence-corrected chi connectivity index (χ4v) is 6.58. The maximum Gasteiger partial charge on any atom is 0.413 e. The zero-order valence-corrected chi connectivity index (χ0v) is 26.6. The number of carbonyl (C=O) groups excluding carboxylic acids is 2. The van der Waals surface area contributed by atoms with E-state index in [9.17, 15) is 14.0 Å². The van der Waals surface area contributed by atoms with E-state index >= 15 is 0 Å². The summed E-state index contributed by atoms with van der Waals surface area (Å²) < 4.78 is 32.2. The molecule has 1 fully saturated rings. The molecule has 0 radical (unpaired) electrons. The second kappa shape index (κ2) is 11.3. The van der Waals surface area contributed by atoms with Crippen LogP contribution in [0.2, 0.25) is 10.0 Å². The van der Waals surface area contributed by atoms with Crippen LogP contribution in [0.3, 0.4) is 0 Å². The third-order valence-corrected chi connectivity index (χ3v) is 8.31. The lowest BCUT2D eigenvalue weighted by Crippen LogP contribution is -2.56. The van der Waals surface area contributed by atoms with Crippen LogP contribution in [-0.4, -0.2) is 70.5 Å². The van der Waals surface area contributed by atoms with Gasteiger partial charge in [-0.1, -0.05) is 34.5 Å². The topological polar surface area (TPSA) is 93.2 Å². The van der Waals surface area contributed by atoms with Crippen LogP contribution < -0.4 is 10.1 Å². The van der Waals surface area contributed by atoms with Crippen LogP contribution in [0.25, 0.3) is 21.3 Å². The second-order valence-corrected chi connectivity index (χ2v) is 14.1. The molecule has 0 aliphatic carbocycles. The number of aromatic nitrogens is 1. The minimum Gasteiger partial charge on any atom is -0.490 e. The Kier molecular flexibility index (Phi) is 8.25. The summed E-state index contributed by atoms with van der Waals surface area (Å²) >= 11 is 14.8. The Morgan fingerprint density at radius 1 is 1.12 bits per heavy atom. The van der Waals surface area contributed by atoms with Crippen LogP contribution in [0.1, 0.15) is 47.1 Å². The zero-order valence-electron chi connectivity index (χ0n) is 24.3. The first-order valence-electron chi connectivity index (χ1n) is 13.5. The summed E-state index contributed by atoms with van der Waals surface area (Å²) in [6, 6.07) is 4.61. The van der Waals surface area contributed by atoms with Gasteiger partial charge in [-0.3, -0.25) is 10.2 Å². The minimum absolute atomic E-state index is 0.0745. The second-order valence-electron chi connectivity index (χ2n) is 12.3. The van der Waals surface area contributed by atoms with E-state index in [1.54, 1.807) is 31.7 Å². The fraction of sp³-hybridized carbons (Fsp3) is 0.483. The van der Waals surface area contributed by atoms with E-state index in [0.29, 0.717) is 60.2 Å². The van der Waals surface area contributed by atoms with Crippen LogP contribution in [0, 0.1) is 5.82 Å². The van der Waals surface area contributed by atoms with Crippen molar-refractivity contribution < 1.29 is 28.2 Å².